The van der Waals surface area contributed by atoms with E-state index in [0.29, 0.717) is 25.9 Å². The molecule has 1 aliphatic heterocycles. The molecule has 5 nitrogen and oxygen atoms in total. The van der Waals surface area contributed by atoms with Gasteiger partial charge in [-0.05, 0) is 55.4 Å². The molecule has 0 spiro atoms. The summed E-state index contributed by atoms with van der Waals surface area (Å²) in [4.78, 5) is 25.0. The molecule has 1 atom stereocenters. The average molecular weight is 346 g/mol. The van der Waals surface area contributed by atoms with E-state index in [1.807, 2.05) is 0 Å². The topological polar surface area (TPSA) is 69.6 Å². The molecule has 25 heavy (non-hydrogen) atoms. The van der Waals surface area contributed by atoms with E-state index in [9.17, 15) is 14.0 Å². The van der Waals surface area contributed by atoms with E-state index in [1.54, 1.807) is 17.0 Å². The third kappa shape index (κ3) is 4.38. The molecular formula is C19H23FN2O3. The van der Waals surface area contributed by atoms with Gasteiger partial charge in [0, 0.05) is 19.1 Å². The number of hydrogen-bond acceptors (Lipinski definition) is 2. The molecule has 2 aliphatic rings. The average Bonchev–Trinajstić information content (AvgIpc) is 2.63. The summed E-state index contributed by atoms with van der Waals surface area (Å²) in [6.45, 7) is 0.985. The van der Waals surface area contributed by atoms with Crippen LogP contribution in [0, 0.1) is 11.7 Å². The van der Waals surface area contributed by atoms with Crippen LogP contribution < -0.4 is 5.32 Å². The van der Waals surface area contributed by atoms with Crippen LogP contribution in [0.3, 0.4) is 0 Å². The number of likely N-dealkylation sites (tertiary alicyclic amines) is 1. The zero-order valence-corrected chi connectivity index (χ0v) is 14.1. The van der Waals surface area contributed by atoms with Crippen LogP contribution in [-0.4, -0.2) is 41.1 Å². The lowest BCUT2D eigenvalue weighted by Gasteiger charge is -2.32. The molecule has 0 radical (unpaired) electrons. The summed E-state index contributed by atoms with van der Waals surface area (Å²) >= 11 is 0. The number of rotatable bonds is 3. The van der Waals surface area contributed by atoms with Gasteiger partial charge in [-0.15, -0.1) is 0 Å². The summed E-state index contributed by atoms with van der Waals surface area (Å²) < 4.78 is 13.0. The van der Waals surface area contributed by atoms with Crippen molar-refractivity contribution in [2.24, 2.45) is 5.92 Å². The van der Waals surface area contributed by atoms with Gasteiger partial charge in [-0.1, -0.05) is 18.2 Å². The molecule has 6 heteroatoms. The van der Waals surface area contributed by atoms with Gasteiger partial charge in [-0.25, -0.2) is 9.18 Å². The number of hydrogen-bond donors (Lipinski definition) is 2. The van der Waals surface area contributed by atoms with E-state index < -0.39 is 5.97 Å². The predicted octanol–water partition coefficient (Wildman–Crippen LogP) is 3.27. The van der Waals surface area contributed by atoms with Gasteiger partial charge in [0.2, 0.25) is 0 Å². The van der Waals surface area contributed by atoms with Gasteiger partial charge >= 0.3 is 12.0 Å². The van der Waals surface area contributed by atoms with Crippen LogP contribution in [0.15, 0.2) is 30.3 Å². The maximum atomic E-state index is 13.0. The molecule has 1 aliphatic carbocycles. The molecule has 0 bridgehead atoms. The second-order valence-electron chi connectivity index (χ2n) is 6.76. The molecule has 1 aromatic rings. The summed E-state index contributed by atoms with van der Waals surface area (Å²) in [5.41, 5.74) is 2.22. The van der Waals surface area contributed by atoms with E-state index in [4.69, 9.17) is 5.11 Å². The fraction of sp³-hybridized carbons (Fsp3) is 0.474. The number of halogens is 1. The predicted molar refractivity (Wildman–Crippen MR) is 92.5 cm³/mol. The van der Waals surface area contributed by atoms with Crippen molar-refractivity contribution in [1.82, 2.24) is 10.2 Å². The Morgan fingerprint density at radius 1 is 1.12 bits per heavy atom. The molecule has 1 saturated heterocycles. The standard InChI is InChI=1S/C19H23FN2O3/c20-16-5-1-13(2-6-16)14-3-7-17(8-4-14)21-19(25)22-11-9-15(10-12-22)18(23)24/h1-3,5-6,15,17H,4,7-12H2,(H,21,25)(H,23,24). The summed E-state index contributed by atoms with van der Waals surface area (Å²) in [5.74, 6) is -1.34. The number of urea groups is 1. The van der Waals surface area contributed by atoms with Crippen LogP contribution >= 0.6 is 0 Å². The van der Waals surface area contributed by atoms with Crippen molar-refractivity contribution in [3.05, 3.63) is 41.7 Å². The number of aliphatic carboxylic acids is 1. The van der Waals surface area contributed by atoms with E-state index in [0.717, 1.165) is 24.8 Å². The van der Waals surface area contributed by atoms with E-state index >= 15 is 0 Å². The van der Waals surface area contributed by atoms with Crippen molar-refractivity contribution >= 4 is 17.6 Å². The lowest BCUT2D eigenvalue weighted by molar-refractivity contribution is -0.143. The van der Waals surface area contributed by atoms with Crippen LogP contribution in [0.5, 0.6) is 0 Å². The summed E-state index contributed by atoms with van der Waals surface area (Å²) in [7, 11) is 0. The van der Waals surface area contributed by atoms with Gasteiger partial charge in [0.05, 0.1) is 5.92 Å². The SMILES string of the molecule is O=C(O)C1CCN(C(=O)NC2CC=C(c3ccc(F)cc3)CC2)CC1. The Hall–Kier alpha value is -2.37. The molecule has 1 fully saturated rings. The molecule has 134 valence electrons. The fourth-order valence-electron chi connectivity index (χ4n) is 3.49. The normalized spacial score (nSPS) is 21.6. The fourth-order valence-corrected chi connectivity index (χ4v) is 3.49. The molecule has 0 aromatic heterocycles. The molecule has 0 saturated carbocycles. The zero-order chi connectivity index (χ0) is 17.8. The maximum Gasteiger partial charge on any atom is 0.317 e. The van der Waals surface area contributed by atoms with E-state index in [-0.39, 0.29) is 23.8 Å². The summed E-state index contributed by atoms with van der Waals surface area (Å²) in [6, 6.07) is 6.48. The first-order valence-electron chi connectivity index (χ1n) is 8.76. The number of allylic oxidation sites excluding steroid dienone is 1. The van der Waals surface area contributed by atoms with Gasteiger partial charge in [0.15, 0.2) is 0 Å². The highest BCUT2D eigenvalue weighted by atomic mass is 19.1. The molecule has 1 heterocycles. The minimum atomic E-state index is -0.772. The number of nitrogens with zero attached hydrogens (tertiary/aromatic N) is 1. The van der Waals surface area contributed by atoms with Crippen molar-refractivity contribution < 1.29 is 19.1 Å². The van der Waals surface area contributed by atoms with E-state index in [1.165, 1.54) is 17.7 Å². The Balaban J connectivity index is 1.49. The van der Waals surface area contributed by atoms with Crippen molar-refractivity contribution in [3.8, 4) is 0 Å². The lowest BCUT2D eigenvalue weighted by atomic mass is 9.91. The zero-order valence-electron chi connectivity index (χ0n) is 14.1. The first-order chi connectivity index (χ1) is 12.0. The summed E-state index contributed by atoms with van der Waals surface area (Å²) in [6.07, 6.45) is 5.59. The van der Waals surface area contributed by atoms with Crippen molar-refractivity contribution in [2.75, 3.05) is 13.1 Å². The Bertz CT molecular complexity index is 664. The number of carboxylic acid groups (broad SMARTS) is 1. The minimum Gasteiger partial charge on any atom is -0.481 e. The quantitative estimate of drug-likeness (QED) is 0.882. The van der Waals surface area contributed by atoms with E-state index in [2.05, 4.69) is 11.4 Å². The van der Waals surface area contributed by atoms with Crippen molar-refractivity contribution in [1.29, 1.82) is 0 Å². The van der Waals surface area contributed by atoms with Gasteiger partial charge in [-0.2, -0.15) is 0 Å². The van der Waals surface area contributed by atoms with Gasteiger partial charge in [0.25, 0.3) is 0 Å². The number of carbonyl (C=O) groups is 2. The lowest BCUT2D eigenvalue weighted by Crippen LogP contribution is -2.48. The Morgan fingerprint density at radius 3 is 2.36 bits per heavy atom. The van der Waals surface area contributed by atoms with Crippen molar-refractivity contribution in [3.63, 3.8) is 0 Å². The highest BCUT2D eigenvalue weighted by molar-refractivity contribution is 5.76. The maximum absolute atomic E-state index is 13.0. The first-order valence-corrected chi connectivity index (χ1v) is 8.76. The second-order valence-corrected chi connectivity index (χ2v) is 6.76. The van der Waals surface area contributed by atoms with Gasteiger partial charge in [-0.3, -0.25) is 4.79 Å². The van der Waals surface area contributed by atoms with Crippen LogP contribution in [-0.2, 0) is 4.79 Å². The minimum absolute atomic E-state index is 0.0916. The van der Waals surface area contributed by atoms with Crippen LogP contribution in [0.4, 0.5) is 9.18 Å². The largest absolute Gasteiger partial charge is 0.481 e. The number of carboxylic acids is 1. The third-order valence-corrected chi connectivity index (χ3v) is 5.08. The molecule has 1 unspecified atom stereocenters. The number of piperidine rings is 1. The Labute approximate surface area is 146 Å². The Morgan fingerprint density at radius 2 is 1.80 bits per heavy atom. The van der Waals surface area contributed by atoms with Gasteiger partial charge in [0.1, 0.15) is 5.82 Å². The van der Waals surface area contributed by atoms with Crippen LogP contribution in [0.1, 0.15) is 37.7 Å². The van der Waals surface area contributed by atoms with Crippen molar-refractivity contribution in [2.45, 2.75) is 38.1 Å². The molecule has 3 rings (SSSR count). The van der Waals surface area contributed by atoms with Crippen LogP contribution in [0.25, 0.3) is 5.57 Å². The highest BCUT2D eigenvalue weighted by Crippen LogP contribution is 2.27. The van der Waals surface area contributed by atoms with Gasteiger partial charge < -0.3 is 15.3 Å². The number of benzene rings is 1. The monoisotopic (exact) mass is 346 g/mol. The number of carbonyl (C=O) groups excluding carboxylic acids is 1. The molecule has 1 aromatic carbocycles. The molecule has 2 amide bonds. The Kier molecular flexibility index (Phi) is 5.36. The van der Waals surface area contributed by atoms with Crippen LogP contribution in [0.2, 0.25) is 0 Å². The second kappa shape index (κ2) is 7.68. The number of nitrogens with one attached hydrogen (secondary N) is 1. The smallest absolute Gasteiger partial charge is 0.317 e. The first kappa shape index (κ1) is 17.5. The summed E-state index contributed by atoms with van der Waals surface area (Å²) in [5, 5.41) is 12.1. The molecular weight excluding hydrogens is 323 g/mol. The third-order valence-electron chi connectivity index (χ3n) is 5.08. The highest BCUT2D eigenvalue weighted by Gasteiger charge is 2.28. The number of amides is 2. The molecule has 2 N–H and O–H groups in total.